The van der Waals surface area contributed by atoms with Crippen molar-refractivity contribution in [2.24, 2.45) is 0 Å². The highest BCUT2D eigenvalue weighted by atomic mass is 16.4. The van der Waals surface area contributed by atoms with Crippen molar-refractivity contribution in [3.05, 3.63) is 52.4 Å². The standard InChI is InChI=1S/C14H13NO2/c1-10-8-11-4-5-14(16)17-13(11)9-12(10)15-6-2-3-7-15/h2-5,8-9H,6-7H2,1H3. The van der Waals surface area contributed by atoms with E-state index in [0.29, 0.717) is 5.58 Å². The minimum Gasteiger partial charge on any atom is -0.423 e. The van der Waals surface area contributed by atoms with E-state index in [2.05, 4.69) is 30.0 Å². The van der Waals surface area contributed by atoms with Gasteiger partial charge >= 0.3 is 5.63 Å². The van der Waals surface area contributed by atoms with Crippen LogP contribution in [0.1, 0.15) is 5.56 Å². The smallest absolute Gasteiger partial charge is 0.336 e. The van der Waals surface area contributed by atoms with Gasteiger partial charge in [-0.3, -0.25) is 0 Å². The minimum absolute atomic E-state index is 0.299. The van der Waals surface area contributed by atoms with Gasteiger partial charge in [-0.05, 0) is 24.6 Å². The SMILES string of the molecule is Cc1cc2ccc(=O)oc2cc1N1CC=CC1. The maximum absolute atomic E-state index is 11.2. The summed E-state index contributed by atoms with van der Waals surface area (Å²) in [4.78, 5) is 13.5. The average Bonchev–Trinajstić information content (AvgIpc) is 2.82. The molecule has 0 fully saturated rings. The van der Waals surface area contributed by atoms with Crippen LogP contribution in [0, 0.1) is 6.92 Å². The van der Waals surface area contributed by atoms with Gasteiger partial charge in [0, 0.05) is 36.3 Å². The molecule has 3 nitrogen and oxygen atoms in total. The Hall–Kier alpha value is -2.03. The second kappa shape index (κ2) is 3.77. The fourth-order valence-corrected chi connectivity index (χ4v) is 2.23. The van der Waals surface area contributed by atoms with E-state index in [1.165, 1.54) is 11.6 Å². The van der Waals surface area contributed by atoms with Crippen molar-refractivity contribution >= 4 is 16.7 Å². The fraction of sp³-hybridized carbons (Fsp3) is 0.214. The maximum Gasteiger partial charge on any atom is 0.336 e. The van der Waals surface area contributed by atoms with Crippen molar-refractivity contribution in [2.75, 3.05) is 18.0 Å². The Kier molecular flexibility index (Phi) is 2.25. The van der Waals surface area contributed by atoms with Gasteiger partial charge in [-0.1, -0.05) is 12.2 Å². The summed E-state index contributed by atoms with van der Waals surface area (Å²) in [7, 11) is 0. The zero-order chi connectivity index (χ0) is 11.8. The van der Waals surface area contributed by atoms with Crippen LogP contribution < -0.4 is 10.5 Å². The van der Waals surface area contributed by atoms with Gasteiger partial charge in [0.15, 0.2) is 0 Å². The molecule has 17 heavy (non-hydrogen) atoms. The predicted molar refractivity (Wildman–Crippen MR) is 68.6 cm³/mol. The number of benzene rings is 1. The van der Waals surface area contributed by atoms with Crippen LogP contribution in [0.4, 0.5) is 5.69 Å². The first-order valence-corrected chi connectivity index (χ1v) is 5.68. The predicted octanol–water partition coefficient (Wildman–Crippen LogP) is 2.48. The Labute approximate surface area is 99.0 Å². The molecule has 0 radical (unpaired) electrons. The molecule has 1 aromatic carbocycles. The van der Waals surface area contributed by atoms with E-state index in [0.717, 1.165) is 24.2 Å². The maximum atomic E-state index is 11.2. The summed E-state index contributed by atoms with van der Waals surface area (Å²) in [6.07, 6.45) is 4.29. The van der Waals surface area contributed by atoms with Gasteiger partial charge < -0.3 is 9.32 Å². The minimum atomic E-state index is -0.299. The highest BCUT2D eigenvalue weighted by molar-refractivity contribution is 5.82. The molecule has 0 unspecified atom stereocenters. The molecule has 1 aliphatic rings. The summed E-state index contributed by atoms with van der Waals surface area (Å²) in [6, 6.07) is 7.28. The lowest BCUT2D eigenvalue weighted by Gasteiger charge is -2.20. The van der Waals surface area contributed by atoms with E-state index >= 15 is 0 Å². The van der Waals surface area contributed by atoms with Crippen molar-refractivity contribution in [1.82, 2.24) is 0 Å². The summed E-state index contributed by atoms with van der Waals surface area (Å²) >= 11 is 0. The van der Waals surface area contributed by atoms with Crippen LogP contribution >= 0.6 is 0 Å². The molecule has 3 rings (SSSR count). The number of hydrogen-bond acceptors (Lipinski definition) is 3. The second-order valence-electron chi connectivity index (χ2n) is 4.31. The molecule has 3 heteroatoms. The van der Waals surface area contributed by atoms with E-state index in [4.69, 9.17) is 4.42 Å². The topological polar surface area (TPSA) is 33.5 Å². The number of aryl methyl sites for hydroxylation is 1. The van der Waals surface area contributed by atoms with E-state index in [9.17, 15) is 4.79 Å². The number of anilines is 1. The second-order valence-corrected chi connectivity index (χ2v) is 4.31. The summed E-state index contributed by atoms with van der Waals surface area (Å²) in [5.41, 5.74) is 2.70. The summed E-state index contributed by atoms with van der Waals surface area (Å²) in [5, 5.41) is 0.970. The fourth-order valence-electron chi connectivity index (χ4n) is 2.23. The molecule has 0 amide bonds. The molecular weight excluding hydrogens is 214 g/mol. The lowest BCUT2D eigenvalue weighted by molar-refractivity contribution is 0.561. The van der Waals surface area contributed by atoms with Crippen LogP contribution in [0.15, 0.2) is 45.6 Å². The lowest BCUT2D eigenvalue weighted by Crippen LogP contribution is -2.19. The molecule has 0 bridgehead atoms. The monoisotopic (exact) mass is 227 g/mol. The van der Waals surface area contributed by atoms with Gasteiger partial charge in [0.05, 0.1) is 0 Å². The van der Waals surface area contributed by atoms with Gasteiger partial charge in [-0.2, -0.15) is 0 Å². The van der Waals surface area contributed by atoms with E-state index in [-0.39, 0.29) is 5.63 Å². The molecule has 0 saturated heterocycles. The van der Waals surface area contributed by atoms with E-state index < -0.39 is 0 Å². The molecule has 0 spiro atoms. The molecular formula is C14H13NO2. The summed E-state index contributed by atoms with van der Waals surface area (Å²) < 4.78 is 5.21. The average molecular weight is 227 g/mol. The summed E-state index contributed by atoms with van der Waals surface area (Å²) in [6.45, 7) is 3.92. The number of fused-ring (bicyclic) bond motifs is 1. The van der Waals surface area contributed by atoms with Crippen LogP contribution in [-0.2, 0) is 0 Å². The zero-order valence-corrected chi connectivity index (χ0v) is 9.64. The first kappa shape index (κ1) is 10.1. The highest BCUT2D eigenvalue weighted by Crippen LogP contribution is 2.27. The molecule has 0 saturated carbocycles. The third kappa shape index (κ3) is 1.73. The molecule has 86 valence electrons. The Balaban J connectivity index is 2.18. The Bertz CT molecular complexity index is 647. The van der Waals surface area contributed by atoms with Gasteiger partial charge in [0.2, 0.25) is 0 Å². The van der Waals surface area contributed by atoms with Crippen LogP contribution in [0.25, 0.3) is 11.0 Å². The van der Waals surface area contributed by atoms with Crippen molar-refractivity contribution in [3.63, 3.8) is 0 Å². The normalized spacial score (nSPS) is 14.8. The van der Waals surface area contributed by atoms with Gasteiger partial charge in [-0.15, -0.1) is 0 Å². The van der Waals surface area contributed by atoms with Crippen LogP contribution in [0.2, 0.25) is 0 Å². The molecule has 0 N–H and O–H groups in total. The molecule has 0 atom stereocenters. The largest absolute Gasteiger partial charge is 0.423 e. The number of nitrogens with zero attached hydrogens (tertiary/aromatic N) is 1. The Morgan fingerprint density at radius 2 is 1.94 bits per heavy atom. The first-order valence-electron chi connectivity index (χ1n) is 5.68. The van der Waals surface area contributed by atoms with Crippen molar-refractivity contribution in [3.8, 4) is 0 Å². The van der Waals surface area contributed by atoms with E-state index in [1.54, 1.807) is 6.07 Å². The molecule has 1 aromatic heterocycles. The number of hydrogen-bond donors (Lipinski definition) is 0. The van der Waals surface area contributed by atoms with E-state index in [1.807, 2.05) is 6.07 Å². The zero-order valence-electron chi connectivity index (χ0n) is 9.64. The van der Waals surface area contributed by atoms with Crippen molar-refractivity contribution in [2.45, 2.75) is 6.92 Å². The van der Waals surface area contributed by atoms with Gasteiger partial charge in [0.1, 0.15) is 5.58 Å². The third-order valence-corrected chi connectivity index (χ3v) is 3.10. The van der Waals surface area contributed by atoms with Crippen molar-refractivity contribution in [1.29, 1.82) is 0 Å². The van der Waals surface area contributed by atoms with Crippen molar-refractivity contribution < 1.29 is 4.42 Å². The Morgan fingerprint density at radius 3 is 2.71 bits per heavy atom. The molecule has 1 aliphatic heterocycles. The molecule has 2 heterocycles. The van der Waals surface area contributed by atoms with Crippen LogP contribution in [0.5, 0.6) is 0 Å². The number of rotatable bonds is 1. The van der Waals surface area contributed by atoms with Gasteiger partial charge in [-0.25, -0.2) is 4.79 Å². The summed E-state index contributed by atoms with van der Waals surface area (Å²) in [5.74, 6) is 0. The quantitative estimate of drug-likeness (QED) is 0.554. The third-order valence-electron chi connectivity index (χ3n) is 3.10. The van der Waals surface area contributed by atoms with Gasteiger partial charge in [0.25, 0.3) is 0 Å². The van der Waals surface area contributed by atoms with Crippen LogP contribution in [-0.4, -0.2) is 13.1 Å². The van der Waals surface area contributed by atoms with Crippen LogP contribution in [0.3, 0.4) is 0 Å². The molecule has 0 aliphatic carbocycles. The Morgan fingerprint density at radius 1 is 1.18 bits per heavy atom. The first-order chi connectivity index (χ1) is 8.24. The highest BCUT2D eigenvalue weighted by Gasteiger charge is 2.12. The molecule has 2 aromatic rings. The lowest BCUT2D eigenvalue weighted by atomic mass is 10.1.